The maximum Gasteiger partial charge on any atom is 0.308 e. The van der Waals surface area contributed by atoms with Crippen LogP contribution in [-0.2, 0) is 20.8 Å². The molecule has 7 unspecified atom stereocenters. The zero-order valence-electron chi connectivity index (χ0n) is 52.8. The normalized spacial score (nSPS) is 25.3. The minimum absolute atomic E-state index is 0. The number of aryl methyl sites for hydroxylation is 1. The summed E-state index contributed by atoms with van der Waals surface area (Å²) >= 11 is 0. The van der Waals surface area contributed by atoms with E-state index in [0.717, 1.165) is 73.3 Å². The molecule has 6 rings (SSSR count). The summed E-state index contributed by atoms with van der Waals surface area (Å²) in [5, 5.41) is 23.5. The van der Waals surface area contributed by atoms with Gasteiger partial charge in [0.15, 0.2) is 0 Å². The van der Waals surface area contributed by atoms with Gasteiger partial charge < -0.3 is 30.7 Å². The van der Waals surface area contributed by atoms with Crippen LogP contribution in [0.25, 0.3) is 5.70 Å². The van der Waals surface area contributed by atoms with Crippen molar-refractivity contribution in [1.82, 2.24) is 9.88 Å². The number of allylic oxidation sites excluding steroid dienone is 6. The molecule has 1 heterocycles. The third-order valence-electron chi connectivity index (χ3n) is 17.1. The number of aliphatic hydroxyl groups excluding tert-OH is 1. The number of carbonyl (C=O) groups excluding carboxylic acids is 1. The van der Waals surface area contributed by atoms with Gasteiger partial charge in [-0.05, 0) is 161 Å². The maximum absolute atomic E-state index is 10.1. The van der Waals surface area contributed by atoms with Crippen molar-refractivity contribution in [2.24, 2.45) is 73.3 Å². The van der Waals surface area contributed by atoms with Crippen LogP contribution in [0.5, 0.6) is 0 Å². The number of aldehydes is 1. The van der Waals surface area contributed by atoms with E-state index >= 15 is 0 Å². The van der Waals surface area contributed by atoms with Crippen LogP contribution in [-0.4, -0.2) is 76.5 Å². The Morgan fingerprint density at radius 3 is 1.91 bits per heavy atom. The van der Waals surface area contributed by atoms with Crippen molar-refractivity contribution < 1.29 is 29.7 Å². The van der Waals surface area contributed by atoms with Gasteiger partial charge in [0.25, 0.3) is 0 Å². The lowest BCUT2D eigenvalue weighted by atomic mass is 9.39. The van der Waals surface area contributed by atoms with Crippen LogP contribution in [0.1, 0.15) is 233 Å². The smallest absolute Gasteiger partial charge is 0.308 e. The zero-order valence-corrected chi connectivity index (χ0v) is 52.8. The summed E-state index contributed by atoms with van der Waals surface area (Å²) in [5.41, 5.74) is 15.5. The molecule has 10 heteroatoms. The summed E-state index contributed by atoms with van der Waals surface area (Å²) in [6.07, 6.45) is 26.6. The van der Waals surface area contributed by atoms with Crippen molar-refractivity contribution in [1.29, 1.82) is 0 Å². The van der Waals surface area contributed by atoms with Crippen molar-refractivity contribution in [3.05, 3.63) is 83.8 Å². The molecule has 4 fully saturated rings. The first-order valence-electron chi connectivity index (χ1n) is 29.8. The Hall–Kier alpha value is -4.15. The minimum atomic E-state index is -0.938. The molecule has 5 aliphatic rings. The topological polar surface area (TPSA) is 166 Å². The van der Waals surface area contributed by atoms with Crippen LogP contribution in [0.3, 0.4) is 0 Å². The number of hydrogen-bond acceptors (Lipinski definition) is 7. The van der Waals surface area contributed by atoms with E-state index in [2.05, 4.69) is 112 Å². The molecule has 0 radical (unpaired) electrons. The number of aliphatic imine (C=N–C) groups is 1. The largest absolute Gasteiger partial charge is 0.481 e. The Balaban J connectivity index is 0. The van der Waals surface area contributed by atoms with Gasteiger partial charge in [0.05, 0.1) is 23.2 Å². The lowest BCUT2D eigenvalue weighted by molar-refractivity contribution is -0.150. The Kier molecular flexibility index (Phi) is 34.6. The monoisotopic (exact) mass is 1090 g/mol. The molecular weight excluding hydrogens is 969 g/mol. The molecule has 0 aromatic carbocycles. The Morgan fingerprint density at radius 1 is 0.910 bits per heavy atom. The lowest BCUT2D eigenvalue weighted by Gasteiger charge is -2.66. The van der Waals surface area contributed by atoms with Gasteiger partial charge in [-0.15, -0.1) is 0 Å². The molecule has 0 amide bonds. The fourth-order valence-corrected chi connectivity index (χ4v) is 13.1. The molecule has 5 aliphatic carbocycles. The number of nitrogens with zero attached hydrogens (tertiary/aromatic N) is 3. The van der Waals surface area contributed by atoms with E-state index in [-0.39, 0.29) is 19.3 Å². The fraction of sp³-hybridized carbons (Fsp3) is 0.721. The van der Waals surface area contributed by atoms with Crippen molar-refractivity contribution in [2.45, 2.75) is 228 Å². The van der Waals surface area contributed by atoms with Crippen molar-refractivity contribution in [3.8, 4) is 0 Å². The molecule has 1 aromatic rings. The number of fused-ring (bicyclic) bond motifs is 7. The second-order valence-corrected chi connectivity index (χ2v) is 24.9. The van der Waals surface area contributed by atoms with Crippen LogP contribution in [0, 0.1) is 62.6 Å². The average Bonchev–Trinajstić information content (AvgIpc) is 3.72. The summed E-state index contributed by atoms with van der Waals surface area (Å²) in [7, 11) is 2.99. The highest BCUT2D eigenvalue weighted by atomic mass is 16.4. The molecule has 1 aromatic heterocycles. The predicted octanol–water partition coefficient (Wildman–Crippen LogP) is 17.3. The predicted molar refractivity (Wildman–Crippen MR) is 336 cm³/mol. The Morgan fingerprint density at radius 2 is 1.50 bits per heavy atom. The van der Waals surface area contributed by atoms with Gasteiger partial charge in [-0.25, -0.2) is 0 Å². The number of rotatable bonds is 14. The van der Waals surface area contributed by atoms with Crippen LogP contribution in [0.4, 0.5) is 0 Å². The van der Waals surface area contributed by atoms with Crippen LogP contribution in [0.2, 0.25) is 0 Å². The molecule has 10 nitrogen and oxygen atoms in total. The van der Waals surface area contributed by atoms with E-state index in [1.54, 1.807) is 51.8 Å². The van der Waals surface area contributed by atoms with Crippen molar-refractivity contribution in [2.75, 3.05) is 27.2 Å². The first-order chi connectivity index (χ1) is 36.1. The SMILES string of the molecule is C.C=C(c1ccc(CC)cn1)N(CCN)C(CC12CCC3C(CCC4C5(C)CCCCC5CCC34C)C1=C(C(C)C)/C(=C\CC)C2)=NC.C=CC(=C)C(C)C.CC.CC(C)(C)C(=O)O.CC(C)(C=O)CC(=O)O.CCC.CO. The number of aliphatic hydroxyl groups is 1. The summed E-state index contributed by atoms with van der Waals surface area (Å²) < 4.78 is 0. The molecule has 4 saturated carbocycles. The summed E-state index contributed by atoms with van der Waals surface area (Å²) in [6.45, 7) is 48.8. The van der Waals surface area contributed by atoms with Gasteiger partial charge in [-0.1, -0.05) is 173 Å². The van der Waals surface area contributed by atoms with E-state index in [1.807, 2.05) is 32.7 Å². The number of aromatic nitrogens is 1. The number of aliphatic carboxylic acids is 2. The molecule has 448 valence electrons. The van der Waals surface area contributed by atoms with Gasteiger partial charge >= 0.3 is 11.9 Å². The number of nitrogens with two attached hydrogens (primary N) is 1. The van der Waals surface area contributed by atoms with Crippen LogP contribution in [0.15, 0.2) is 77.5 Å². The van der Waals surface area contributed by atoms with Gasteiger partial charge in [0, 0.05) is 50.7 Å². The molecule has 0 aliphatic heterocycles. The van der Waals surface area contributed by atoms with E-state index in [9.17, 15) is 14.4 Å². The minimum Gasteiger partial charge on any atom is -0.481 e. The maximum atomic E-state index is 10.1. The molecule has 0 saturated heterocycles. The highest BCUT2D eigenvalue weighted by Crippen LogP contribution is 2.72. The first-order valence-corrected chi connectivity index (χ1v) is 29.8. The number of carboxylic acids is 2. The highest BCUT2D eigenvalue weighted by Gasteiger charge is 2.63. The molecule has 0 spiro atoms. The second-order valence-electron chi connectivity index (χ2n) is 24.9. The van der Waals surface area contributed by atoms with Gasteiger partial charge in [0.2, 0.25) is 0 Å². The summed E-state index contributed by atoms with van der Waals surface area (Å²) in [6, 6.07) is 4.31. The summed E-state index contributed by atoms with van der Waals surface area (Å²) in [4.78, 5) is 42.3. The number of pyridine rings is 1. The molecule has 7 atom stereocenters. The molecule has 78 heavy (non-hydrogen) atoms. The quantitative estimate of drug-likeness (QED) is 0.0614. The van der Waals surface area contributed by atoms with E-state index < -0.39 is 22.8 Å². The first kappa shape index (κ1) is 75.9. The zero-order chi connectivity index (χ0) is 59.7. The van der Waals surface area contributed by atoms with E-state index in [1.165, 1.54) is 76.2 Å². The Bertz CT molecular complexity index is 2090. The van der Waals surface area contributed by atoms with Crippen molar-refractivity contribution >= 4 is 29.8 Å². The van der Waals surface area contributed by atoms with Crippen molar-refractivity contribution in [3.63, 3.8) is 0 Å². The second kappa shape index (κ2) is 35.6. The summed E-state index contributed by atoms with van der Waals surface area (Å²) in [5.74, 6) is 3.88. The van der Waals surface area contributed by atoms with Gasteiger partial charge in [0.1, 0.15) is 12.1 Å². The van der Waals surface area contributed by atoms with Crippen LogP contribution >= 0.6 is 0 Å². The number of carboxylic acid groups (broad SMARTS) is 2. The fourth-order valence-electron chi connectivity index (χ4n) is 13.1. The third kappa shape index (κ3) is 20.4. The molecular formula is C68H120N4O6. The number of carbonyl (C=O) groups is 3. The molecule has 0 bridgehead atoms. The number of amidine groups is 1. The van der Waals surface area contributed by atoms with Crippen LogP contribution < -0.4 is 5.73 Å². The standard InChI is InChI=1S/C43H66N4.C7H12.C6H10O3.C5H10O2.C3H8.C2H6.CH4O.CH4/c1-9-13-32-26-43(27-38(45-8)47(25-24-44)30(5)36-17-15-31(10-2)28-46-36)23-20-35-34(40(43)39(32)29(3)4)16-18-37-41(6)21-12-11-14-33(41)19-22-42(35,37)7;1-5-7(4)6(2)3;1-6(2,4-7)3-5(8)9;1-5(2,3)4(6)7;1-3-2;2*1-2;/h13,15,17,28-29,33-35,37H,5,9-12,14,16,18-27,44H2,1-4,6-8H3;5-6H,1,4H2,2-3H3;4H,3H2,1-2H3,(H,8,9);1-3H3,(H,6,7);3H2,1-2H3;1-2H3;2H,1H3;1H4/b32-13-,45-38?;;;;;;;. The third-order valence-corrected chi connectivity index (χ3v) is 17.1. The van der Waals surface area contributed by atoms with E-state index in [4.69, 9.17) is 31.0 Å². The average molecular weight is 1090 g/mol. The van der Waals surface area contributed by atoms with Gasteiger partial charge in [-0.2, -0.15) is 0 Å². The Labute approximate surface area is 479 Å². The molecule has 5 N–H and O–H groups in total. The highest BCUT2D eigenvalue weighted by molar-refractivity contribution is 5.91. The number of hydrogen-bond donors (Lipinski definition) is 4. The van der Waals surface area contributed by atoms with Gasteiger partial charge in [-0.3, -0.25) is 19.6 Å². The van der Waals surface area contributed by atoms with E-state index in [0.29, 0.717) is 48.0 Å². The lowest BCUT2D eigenvalue weighted by Crippen LogP contribution is -2.58.